The van der Waals surface area contributed by atoms with Crippen LogP contribution < -0.4 is 5.32 Å². The number of anilines is 1. The Morgan fingerprint density at radius 3 is 3.06 bits per heavy atom. The van der Waals surface area contributed by atoms with Crippen LogP contribution in [0.5, 0.6) is 0 Å². The smallest absolute Gasteiger partial charge is 0.268 e. The van der Waals surface area contributed by atoms with Crippen molar-refractivity contribution >= 4 is 39.1 Å². The maximum absolute atomic E-state index is 11.9. The first-order valence-corrected chi connectivity index (χ1v) is 6.86. The van der Waals surface area contributed by atoms with Gasteiger partial charge in [0.05, 0.1) is 4.88 Å². The molecular formula is C10H9BrN4OS. The molecule has 0 aliphatic heterocycles. The fourth-order valence-electron chi connectivity index (χ4n) is 1.55. The van der Waals surface area contributed by atoms with Gasteiger partial charge in [0.15, 0.2) is 0 Å². The van der Waals surface area contributed by atoms with Gasteiger partial charge in [-0.1, -0.05) is 0 Å². The van der Waals surface area contributed by atoms with Crippen LogP contribution in [0.3, 0.4) is 0 Å². The molecule has 0 unspecified atom stereocenters. The van der Waals surface area contributed by atoms with Crippen molar-refractivity contribution in [1.29, 1.82) is 0 Å². The van der Waals surface area contributed by atoms with Gasteiger partial charge in [-0.05, 0) is 34.8 Å². The Morgan fingerprint density at radius 1 is 1.59 bits per heavy atom. The number of hydrogen-bond acceptors (Lipinski definition) is 4. The SMILES string of the molecule is O=C(Nc1nncn1C1CC1)c1cc(Br)cs1. The predicted molar refractivity (Wildman–Crippen MR) is 68.3 cm³/mol. The number of nitrogens with one attached hydrogen (secondary N) is 1. The number of nitrogens with zero attached hydrogens (tertiary/aromatic N) is 3. The van der Waals surface area contributed by atoms with Crippen LogP contribution in [0.4, 0.5) is 5.95 Å². The topological polar surface area (TPSA) is 59.8 Å². The van der Waals surface area contributed by atoms with Crippen LogP contribution in [-0.4, -0.2) is 20.7 Å². The van der Waals surface area contributed by atoms with Gasteiger partial charge in [-0.3, -0.25) is 14.7 Å². The van der Waals surface area contributed by atoms with Crippen LogP contribution in [0.1, 0.15) is 28.6 Å². The highest BCUT2D eigenvalue weighted by molar-refractivity contribution is 9.10. The first kappa shape index (κ1) is 10.9. The van der Waals surface area contributed by atoms with Crippen molar-refractivity contribution in [3.8, 4) is 0 Å². The molecule has 17 heavy (non-hydrogen) atoms. The fourth-order valence-corrected chi connectivity index (χ4v) is 2.87. The Kier molecular flexibility index (Phi) is 2.71. The normalized spacial score (nSPS) is 14.9. The number of amides is 1. The zero-order valence-electron chi connectivity index (χ0n) is 8.76. The molecule has 7 heteroatoms. The lowest BCUT2D eigenvalue weighted by atomic mass is 10.4. The third-order valence-electron chi connectivity index (χ3n) is 2.53. The van der Waals surface area contributed by atoms with Gasteiger partial charge in [0.25, 0.3) is 5.91 Å². The molecule has 0 atom stereocenters. The fraction of sp³-hybridized carbons (Fsp3) is 0.300. The molecule has 0 aromatic carbocycles. The third-order valence-corrected chi connectivity index (χ3v) is 4.22. The molecule has 0 spiro atoms. The molecule has 0 saturated heterocycles. The number of rotatable bonds is 3. The maximum Gasteiger partial charge on any atom is 0.268 e. The van der Waals surface area contributed by atoms with Crippen molar-refractivity contribution in [1.82, 2.24) is 14.8 Å². The molecule has 1 fully saturated rings. The van der Waals surface area contributed by atoms with E-state index in [1.165, 1.54) is 11.3 Å². The van der Waals surface area contributed by atoms with E-state index in [-0.39, 0.29) is 5.91 Å². The van der Waals surface area contributed by atoms with E-state index in [9.17, 15) is 4.79 Å². The van der Waals surface area contributed by atoms with Crippen molar-refractivity contribution in [2.24, 2.45) is 0 Å². The summed E-state index contributed by atoms with van der Waals surface area (Å²) in [5.74, 6) is 0.387. The Bertz CT molecular complexity index is 560. The van der Waals surface area contributed by atoms with Gasteiger partial charge in [0.2, 0.25) is 5.95 Å². The second-order valence-corrected chi connectivity index (χ2v) is 5.70. The van der Waals surface area contributed by atoms with E-state index in [2.05, 4.69) is 31.4 Å². The summed E-state index contributed by atoms with van der Waals surface area (Å²) in [5.41, 5.74) is 0. The average molecular weight is 313 g/mol. The van der Waals surface area contributed by atoms with Crippen LogP contribution >= 0.6 is 27.3 Å². The molecular weight excluding hydrogens is 304 g/mol. The largest absolute Gasteiger partial charge is 0.297 e. The number of carbonyl (C=O) groups is 1. The number of hydrogen-bond donors (Lipinski definition) is 1. The van der Waals surface area contributed by atoms with E-state index in [4.69, 9.17) is 0 Å². The Balaban J connectivity index is 1.78. The molecule has 2 heterocycles. The summed E-state index contributed by atoms with van der Waals surface area (Å²) in [6.07, 6.45) is 3.93. The van der Waals surface area contributed by atoms with Gasteiger partial charge in [0.1, 0.15) is 6.33 Å². The molecule has 2 aromatic rings. The van der Waals surface area contributed by atoms with Crippen molar-refractivity contribution in [3.63, 3.8) is 0 Å². The molecule has 1 aliphatic rings. The van der Waals surface area contributed by atoms with Crippen LogP contribution in [0.2, 0.25) is 0 Å². The molecule has 3 rings (SSSR count). The van der Waals surface area contributed by atoms with Crippen molar-refractivity contribution in [2.75, 3.05) is 5.32 Å². The molecule has 1 N–H and O–H groups in total. The van der Waals surface area contributed by atoms with E-state index in [0.717, 1.165) is 17.3 Å². The average Bonchev–Trinajstić information content (AvgIpc) is 2.89. The Morgan fingerprint density at radius 2 is 2.41 bits per heavy atom. The minimum atomic E-state index is -0.143. The summed E-state index contributed by atoms with van der Waals surface area (Å²) in [4.78, 5) is 12.6. The van der Waals surface area contributed by atoms with Gasteiger partial charge in [-0.15, -0.1) is 21.5 Å². The maximum atomic E-state index is 11.9. The second kappa shape index (κ2) is 4.23. The van der Waals surface area contributed by atoms with Gasteiger partial charge in [-0.2, -0.15) is 0 Å². The van der Waals surface area contributed by atoms with Crippen molar-refractivity contribution in [3.05, 3.63) is 27.1 Å². The van der Waals surface area contributed by atoms with Crippen molar-refractivity contribution < 1.29 is 4.79 Å². The van der Waals surface area contributed by atoms with Gasteiger partial charge < -0.3 is 0 Å². The monoisotopic (exact) mass is 312 g/mol. The lowest BCUT2D eigenvalue weighted by Gasteiger charge is -2.04. The van der Waals surface area contributed by atoms with E-state index in [0.29, 0.717) is 16.9 Å². The first-order valence-electron chi connectivity index (χ1n) is 5.19. The lowest BCUT2D eigenvalue weighted by Crippen LogP contribution is -2.14. The summed E-state index contributed by atoms with van der Waals surface area (Å²) in [6.45, 7) is 0. The van der Waals surface area contributed by atoms with Gasteiger partial charge in [-0.25, -0.2) is 0 Å². The summed E-state index contributed by atoms with van der Waals surface area (Å²) in [5, 5.41) is 12.4. The molecule has 1 aliphatic carbocycles. The first-order chi connectivity index (χ1) is 8.24. The minimum absolute atomic E-state index is 0.143. The van der Waals surface area contributed by atoms with E-state index in [1.54, 1.807) is 12.4 Å². The Hall–Kier alpha value is -1.21. The standard InChI is InChI=1S/C10H9BrN4OS/c11-6-3-8(17-4-6)9(16)13-10-14-12-5-15(10)7-1-2-7/h3-5,7H,1-2H2,(H,13,14,16). The van der Waals surface area contributed by atoms with Crippen LogP contribution in [0.15, 0.2) is 22.2 Å². The number of carbonyl (C=O) groups excluding carboxylic acids is 1. The number of thiophene rings is 1. The van der Waals surface area contributed by atoms with Crippen LogP contribution in [0, 0.1) is 0 Å². The Labute approximate surface area is 110 Å². The quantitative estimate of drug-likeness (QED) is 0.948. The highest BCUT2D eigenvalue weighted by atomic mass is 79.9. The molecule has 0 radical (unpaired) electrons. The summed E-state index contributed by atoms with van der Waals surface area (Å²) in [6, 6.07) is 2.24. The zero-order valence-corrected chi connectivity index (χ0v) is 11.2. The third kappa shape index (κ3) is 2.25. The summed E-state index contributed by atoms with van der Waals surface area (Å²) >= 11 is 4.72. The van der Waals surface area contributed by atoms with Gasteiger partial charge >= 0.3 is 0 Å². The molecule has 5 nitrogen and oxygen atoms in total. The molecule has 1 saturated carbocycles. The summed E-state index contributed by atoms with van der Waals surface area (Å²) in [7, 11) is 0. The van der Waals surface area contributed by atoms with Crippen LogP contribution in [-0.2, 0) is 0 Å². The molecule has 2 aromatic heterocycles. The van der Waals surface area contributed by atoms with E-state index >= 15 is 0 Å². The minimum Gasteiger partial charge on any atom is -0.297 e. The number of aromatic nitrogens is 3. The van der Waals surface area contributed by atoms with Crippen molar-refractivity contribution in [2.45, 2.75) is 18.9 Å². The molecule has 0 bridgehead atoms. The predicted octanol–water partition coefficient (Wildman–Crippen LogP) is 2.69. The van der Waals surface area contributed by atoms with E-state index in [1.807, 2.05) is 9.95 Å². The van der Waals surface area contributed by atoms with E-state index < -0.39 is 0 Å². The zero-order chi connectivity index (χ0) is 11.8. The molecule has 1 amide bonds. The highest BCUT2D eigenvalue weighted by Gasteiger charge is 2.26. The lowest BCUT2D eigenvalue weighted by molar-refractivity contribution is 0.102. The summed E-state index contributed by atoms with van der Waals surface area (Å²) < 4.78 is 2.83. The second-order valence-electron chi connectivity index (χ2n) is 3.88. The van der Waals surface area contributed by atoms with Gasteiger partial charge in [0, 0.05) is 15.9 Å². The molecule has 88 valence electrons. The number of halogens is 1. The van der Waals surface area contributed by atoms with Crippen LogP contribution in [0.25, 0.3) is 0 Å². The highest BCUT2D eigenvalue weighted by Crippen LogP contribution is 2.36.